The van der Waals surface area contributed by atoms with E-state index in [2.05, 4.69) is 4.18 Å². The Morgan fingerprint density at radius 2 is 1.92 bits per heavy atom. The Morgan fingerprint density at radius 1 is 1.28 bits per heavy atom. The Kier molecular flexibility index (Phi) is 5.61. The highest BCUT2D eigenvalue weighted by atomic mass is 32.2. The van der Waals surface area contributed by atoms with Gasteiger partial charge in [0.15, 0.2) is 0 Å². The molecule has 6 nitrogen and oxygen atoms in total. The maximum absolute atomic E-state index is 12.5. The Morgan fingerprint density at radius 3 is 2.52 bits per heavy atom. The quantitative estimate of drug-likeness (QED) is 0.592. The van der Waals surface area contributed by atoms with Crippen molar-refractivity contribution in [1.29, 1.82) is 0 Å². The third-order valence-corrected chi connectivity index (χ3v) is 4.32. The Bertz CT molecular complexity index is 746. The summed E-state index contributed by atoms with van der Waals surface area (Å²) in [5.74, 6) is -0.793. The number of hydrogen-bond donors (Lipinski definition) is 0. The van der Waals surface area contributed by atoms with Crippen molar-refractivity contribution >= 4 is 16.2 Å². The largest absolute Gasteiger partial charge is 0.534 e. The fraction of sp³-hybridized carbons (Fsp3) is 0.400. The van der Waals surface area contributed by atoms with Crippen LogP contribution in [-0.2, 0) is 25.6 Å². The number of amides is 1. The summed E-state index contributed by atoms with van der Waals surface area (Å²) in [6.45, 7) is 1.62. The van der Waals surface area contributed by atoms with Crippen LogP contribution in [0.15, 0.2) is 42.3 Å². The second-order valence-corrected chi connectivity index (χ2v) is 7.06. The molecule has 1 unspecified atom stereocenters. The first-order valence-corrected chi connectivity index (χ1v) is 8.70. The van der Waals surface area contributed by atoms with Crippen LogP contribution in [0, 0.1) is 5.92 Å². The topological polar surface area (TPSA) is 72.9 Å². The highest BCUT2D eigenvalue weighted by Crippen LogP contribution is 2.30. The van der Waals surface area contributed by atoms with Gasteiger partial charge in [-0.1, -0.05) is 37.3 Å². The van der Waals surface area contributed by atoms with Gasteiger partial charge in [0, 0.05) is 6.54 Å². The standard InChI is InChI=1S/C15H16F3NO5S/c1-11-7-8-13(24-25(21,22)15(16,17)18)19(9-11)14(20)23-10-12-5-3-2-4-6-12/h2-6,8,11H,7,9-10H2,1H3. The zero-order chi connectivity index (χ0) is 18.7. The molecule has 1 aromatic rings. The summed E-state index contributed by atoms with van der Waals surface area (Å²) in [6.07, 6.45) is 0.408. The molecule has 0 aromatic heterocycles. The third kappa shape index (κ3) is 4.88. The first kappa shape index (κ1) is 19.1. The average Bonchev–Trinajstić information content (AvgIpc) is 2.54. The minimum Gasteiger partial charge on any atom is -0.444 e. The first-order chi connectivity index (χ1) is 11.6. The number of halogens is 3. The fourth-order valence-electron chi connectivity index (χ4n) is 2.09. The van der Waals surface area contributed by atoms with Crippen LogP contribution in [0.25, 0.3) is 0 Å². The highest BCUT2D eigenvalue weighted by Gasteiger charge is 2.50. The van der Waals surface area contributed by atoms with E-state index in [1.807, 2.05) is 0 Å². The predicted molar refractivity (Wildman–Crippen MR) is 81.3 cm³/mol. The summed E-state index contributed by atoms with van der Waals surface area (Å²) in [6, 6.07) is 8.64. The number of ether oxygens (including phenoxy) is 1. The van der Waals surface area contributed by atoms with Crippen molar-refractivity contribution in [2.24, 2.45) is 5.92 Å². The predicted octanol–water partition coefficient (Wildman–Crippen LogP) is 3.37. The van der Waals surface area contributed by atoms with Crippen molar-refractivity contribution in [3.8, 4) is 0 Å². The lowest BCUT2D eigenvalue weighted by atomic mass is 10.0. The maximum Gasteiger partial charge on any atom is 0.534 e. The normalized spacial score (nSPS) is 18.5. The molecule has 2 rings (SSSR count). The number of carbonyl (C=O) groups is 1. The van der Waals surface area contributed by atoms with Gasteiger partial charge >= 0.3 is 21.7 Å². The zero-order valence-corrected chi connectivity index (χ0v) is 14.0. The lowest BCUT2D eigenvalue weighted by molar-refractivity contribution is -0.0540. The molecule has 1 heterocycles. The summed E-state index contributed by atoms with van der Waals surface area (Å²) >= 11 is 0. The molecule has 0 N–H and O–H groups in total. The van der Waals surface area contributed by atoms with Crippen LogP contribution in [-0.4, -0.2) is 31.5 Å². The number of rotatable bonds is 4. The van der Waals surface area contributed by atoms with Crippen molar-refractivity contribution in [3.05, 3.63) is 47.9 Å². The summed E-state index contributed by atoms with van der Waals surface area (Å²) in [7, 11) is -5.87. The van der Waals surface area contributed by atoms with E-state index in [9.17, 15) is 26.4 Å². The smallest absolute Gasteiger partial charge is 0.444 e. The molecular weight excluding hydrogens is 363 g/mol. The lowest BCUT2D eigenvalue weighted by Crippen LogP contribution is -2.40. The van der Waals surface area contributed by atoms with E-state index >= 15 is 0 Å². The van der Waals surface area contributed by atoms with Crippen LogP contribution < -0.4 is 0 Å². The van der Waals surface area contributed by atoms with Gasteiger partial charge in [-0.05, 0) is 24.0 Å². The first-order valence-electron chi connectivity index (χ1n) is 7.29. The van der Waals surface area contributed by atoms with Gasteiger partial charge in [-0.25, -0.2) is 9.69 Å². The molecule has 0 saturated carbocycles. The molecular formula is C15H16F3NO5S. The number of hydrogen-bond acceptors (Lipinski definition) is 5. The second kappa shape index (κ2) is 7.34. The number of alkyl halides is 3. The molecule has 0 spiro atoms. The van der Waals surface area contributed by atoms with E-state index in [1.54, 1.807) is 37.3 Å². The van der Waals surface area contributed by atoms with Crippen LogP contribution in [0.3, 0.4) is 0 Å². The van der Waals surface area contributed by atoms with Gasteiger partial charge in [-0.15, -0.1) is 0 Å². The second-order valence-electron chi connectivity index (χ2n) is 5.52. The third-order valence-electron chi connectivity index (χ3n) is 3.36. The van der Waals surface area contributed by atoms with Gasteiger partial charge in [-0.3, -0.25) is 0 Å². The number of allylic oxidation sites excluding steroid dienone is 1. The van der Waals surface area contributed by atoms with Crippen LogP contribution >= 0.6 is 0 Å². The maximum atomic E-state index is 12.5. The van der Waals surface area contributed by atoms with Gasteiger partial charge in [-0.2, -0.15) is 21.6 Å². The number of benzene rings is 1. The Hall–Kier alpha value is -2.23. The van der Waals surface area contributed by atoms with Crippen LogP contribution in [0.5, 0.6) is 0 Å². The molecule has 0 radical (unpaired) electrons. The van der Waals surface area contributed by atoms with Crippen molar-refractivity contribution in [1.82, 2.24) is 4.90 Å². The van der Waals surface area contributed by atoms with E-state index < -0.39 is 27.6 Å². The molecule has 0 bridgehead atoms. The fourth-order valence-corrected chi connectivity index (χ4v) is 2.57. The minimum atomic E-state index is -5.87. The van der Waals surface area contributed by atoms with E-state index in [0.717, 1.165) is 11.0 Å². The zero-order valence-electron chi connectivity index (χ0n) is 13.2. The van der Waals surface area contributed by atoms with Crippen LogP contribution in [0.2, 0.25) is 0 Å². The number of carbonyl (C=O) groups excluding carboxylic acids is 1. The summed E-state index contributed by atoms with van der Waals surface area (Å²) < 4.78 is 69.0. The van der Waals surface area contributed by atoms with Gasteiger partial charge in [0.05, 0.1) is 0 Å². The molecule has 25 heavy (non-hydrogen) atoms. The molecule has 10 heteroatoms. The van der Waals surface area contributed by atoms with Crippen molar-refractivity contribution in [2.75, 3.05) is 6.54 Å². The molecule has 1 aliphatic heterocycles. The highest BCUT2D eigenvalue weighted by molar-refractivity contribution is 7.87. The van der Waals surface area contributed by atoms with Gasteiger partial charge in [0.1, 0.15) is 6.61 Å². The molecule has 0 aliphatic carbocycles. The Labute approximate surface area is 142 Å². The molecule has 1 atom stereocenters. The van der Waals surface area contributed by atoms with Gasteiger partial charge in [0.2, 0.25) is 5.88 Å². The summed E-state index contributed by atoms with van der Waals surface area (Å²) in [5, 5.41) is 0. The molecule has 0 fully saturated rings. The summed E-state index contributed by atoms with van der Waals surface area (Å²) in [5.41, 5.74) is -4.91. The molecule has 138 valence electrons. The monoisotopic (exact) mass is 379 g/mol. The van der Waals surface area contributed by atoms with E-state index in [1.165, 1.54) is 0 Å². The van der Waals surface area contributed by atoms with Crippen LogP contribution in [0.1, 0.15) is 18.9 Å². The van der Waals surface area contributed by atoms with Crippen LogP contribution in [0.4, 0.5) is 18.0 Å². The Balaban J connectivity index is 2.11. The molecule has 0 saturated heterocycles. The molecule has 1 aromatic carbocycles. The number of nitrogens with zero attached hydrogens (tertiary/aromatic N) is 1. The SMILES string of the molecule is CC1CC=C(OS(=O)(=O)C(F)(F)F)N(C(=O)OCc2ccccc2)C1. The van der Waals surface area contributed by atoms with Crippen molar-refractivity contribution < 1.29 is 35.3 Å². The van der Waals surface area contributed by atoms with E-state index in [0.29, 0.717) is 5.56 Å². The van der Waals surface area contributed by atoms with E-state index in [4.69, 9.17) is 4.74 Å². The molecule has 1 aliphatic rings. The van der Waals surface area contributed by atoms with Gasteiger partial charge < -0.3 is 8.92 Å². The molecule has 1 amide bonds. The van der Waals surface area contributed by atoms with Crippen molar-refractivity contribution in [3.63, 3.8) is 0 Å². The van der Waals surface area contributed by atoms with E-state index in [-0.39, 0.29) is 25.5 Å². The van der Waals surface area contributed by atoms with Gasteiger partial charge in [0.25, 0.3) is 0 Å². The minimum absolute atomic E-state index is 0.0210. The lowest BCUT2D eigenvalue weighted by Gasteiger charge is -2.30. The van der Waals surface area contributed by atoms with Crippen molar-refractivity contribution in [2.45, 2.75) is 25.5 Å². The summed E-state index contributed by atoms with van der Waals surface area (Å²) in [4.78, 5) is 12.9. The average molecular weight is 379 g/mol.